The lowest BCUT2D eigenvalue weighted by atomic mass is 9.90. The van der Waals surface area contributed by atoms with Crippen LogP contribution in [0.1, 0.15) is 32.3 Å². The van der Waals surface area contributed by atoms with Crippen LogP contribution in [0.3, 0.4) is 0 Å². The molecule has 0 saturated carbocycles. The molecule has 0 bridgehead atoms. The maximum Gasteiger partial charge on any atom is 0.319 e. The second-order valence-electron chi connectivity index (χ2n) is 6.81. The molecule has 5 heteroatoms. The number of urea groups is 1. The van der Waals surface area contributed by atoms with Gasteiger partial charge in [-0.3, -0.25) is 0 Å². The standard InChI is InChI=1S/C17H27N3O2/c1-17(2,8-10-21)12-18-16(22)19-14-6-7-15-13(11-14)5-4-9-20(15)3/h6-7,11,21H,4-5,8-10,12H2,1-3H3,(H2,18,19,22). The Morgan fingerprint density at radius 3 is 2.91 bits per heavy atom. The number of hydrogen-bond acceptors (Lipinski definition) is 3. The van der Waals surface area contributed by atoms with Crippen molar-refractivity contribution in [3.8, 4) is 0 Å². The monoisotopic (exact) mass is 305 g/mol. The average molecular weight is 305 g/mol. The molecular formula is C17H27N3O2. The summed E-state index contributed by atoms with van der Waals surface area (Å²) in [4.78, 5) is 14.3. The lowest BCUT2D eigenvalue weighted by Gasteiger charge is -2.28. The molecule has 0 radical (unpaired) electrons. The van der Waals surface area contributed by atoms with Crippen molar-refractivity contribution in [3.05, 3.63) is 23.8 Å². The molecule has 3 N–H and O–H groups in total. The van der Waals surface area contributed by atoms with E-state index < -0.39 is 0 Å². The Kier molecular flexibility index (Phi) is 5.29. The van der Waals surface area contributed by atoms with Crippen LogP contribution < -0.4 is 15.5 Å². The van der Waals surface area contributed by atoms with E-state index >= 15 is 0 Å². The fraction of sp³-hybridized carbons (Fsp3) is 0.588. The van der Waals surface area contributed by atoms with Crippen molar-refractivity contribution in [2.24, 2.45) is 5.41 Å². The van der Waals surface area contributed by atoms with Gasteiger partial charge >= 0.3 is 6.03 Å². The van der Waals surface area contributed by atoms with Crippen molar-refractivity contribution in [2.45, 2.75) is 33.1 Å². The zero-order chi connectivity index (χ0) is 16.2. The van der Waals surface area contributed by atoms with E-state index in [2.05, 4.69) is 34.7 Å². The van der Waals surface area contributed by atoms with Gasteiger partial charge in [-0.2, -0.15) is 0 Å². The van der Waals surface area contributed by atoms with Gasteiger partial charge in [0.25, 0.3) is 0 Å². The van der Waals surface area contributed by atoms with E-state index in [4.69, 9.17) is 5.11 Å². The Bertz CT molecular complexity index is 529. The van der Waals surface area contributed by atoms with E-state index in [1.165, 1.54) is 11.3 Å². The summed E-state index contributed by atoms with van der Waals surface area (Å²) in [6, 6.07) is 5.87. The topological polar surface area (TPSA) is 64.6 Å². The fourth-order valence-corrected chi connectivity index (χ4v) is 2.75. The van der Waals surface area contributed by atoms with Crippen molar-refractivity contribution >= 4 is 17.4 Å². The van der Waals surface area contributed by atoms with Crippen LogP contribution in [0.4, 0.5) is 16.2 Å². The van der Waals surface area contributed by atoms with Crippen LogP contribution >= 0.6 is 0 Å². The van der Waals surface area contributed by atoms with Crippen LogP contribution in [-0.2, 0) is 6.42 Å². The minimum atomic E-state index is -0.199. The molecule has 0 aliphatic carbocycles. The molecule has 0 unspecified atom stereocenters. The third-order valence-corrected chi connectivity index (χ3v) is 4.20. The molecular weight excluding hydrogens is 278 g/mol. The summed E-state index contributed by atoms with van der Waals surface area (Å²) >= 11 is 0. The highest BCUT2D eigenvalue weighted by Crippen LogP contribution is 2.28. The van der Waals surface area contributed by atoms with Gasteiger partial charge in [-0.15, -0.1) is 0 Å². The second-order valence-corrected chi connectivity index (χ2v) is 6.81. The highest BCUT2D eigenvalue weighted by atomic mass is 16.3. The molecule has 0 aromatic heterocycles. The van der Waals surface area contributed by atoms with Gasteiger partial charge in [0.2, 0.25) is 0 Å². The molecule has 5 nitrogen and oxygen atoms in total. The van der Waals surface area contributed by atoms with Gasteiger partial charge in [0.1, 0.15) is 0 Å². The first kappa shape index (κ1) is 16.6. The molecule has 0 atom stereocenters. The lowest BCUT2D eigenvalue weighted by molar-refractivity contribution is 0.204. The predicted octanol–water partition coefficient (Wildman–Crippen LogP) is 2.60. The van der Waals surface area contributed by atoms with Gasteiger partial charge in [-0.25, -0.2) is 4.79 Å². The number of aliphatic hydroxyl groups is 1. The molecule has 1 aliphatic heterocycles. The number of nitrogens with zero attached hydrogens (tertiary/aromatic N) is 1. The number of benzene rings is 1. The van der Waals surface area contributed by atoms with Crippen LogP contribution in [-0.4, -0.2) is 37.9 Å². The Labute approximate surface area is 132 Å². The Balaban J connectivity index is 1.92. The molecule has 2 amide bonds. The number of hydrogen-bond donors (Lipinski definition) is 3. The number of carbonyl (C=O) groups is 1. The first-order chi connectivity index (χ1) is 10.4. The van der Waals surface area contributed by atoms with E-state index in [0.717, 1.165) is 25.1 Å². The first-order valence-corrected chi connectivity index (χ1v) is 7.91. The highest BCUT2D eigenvalue weighted by molar-refractivity contribution is 5.89. The Morgan fingerprint density at radius 1 is 1.41 bits per heavy atom. The van der Waals surface area contributed by atoms with Crippen molar-refractivity contribution in [1.29, 1.82) is 0 Å². The number of fused-ring (bicyclic) bond motifs is 1. The van der Waals surface area contributed by atoms with Crippen molar-refractivity contribution in [1.82, 2.24) is 5.32 Å². The van der Waals surface area contributed by atoms with E-state index in [1.54, 1.807) is 0 Å². The number of aliphatic hydroxyl groups excluding tert-OH is 1. The fourth-order valence-electron chi connectivity index (χ4n) is 2.75. The zero-order valence-electron chi connectivity index (χ0n) is 13.8. The van der Waals surface area contributed by atoms with Gasteiger partial charge in [0, 0.05) is 38.1 Å². The number of rotatable bonds is 5. The predicted molar refractivity (Wildman–Crippen MR) is 90.5 cm³/mol. The van der Waals surface area contributed by atoms with E-state index in [1.807, 2.05) is 19.9 Å². The number of nitrogens with one attached hydrogen (secondary N) is 2. The van der Waals surface area contributed by atoms with E-state index in [-0.39, 0.29) is 18.1 Å². The molecule has 1 aromatic rings. The van der Waals surface area contributed by atoms with Crippen molar-refractivity contribution < 1.29 is 9.90 Å². The lowest BCUT2D eigenvalue weighted by Crippen LogP contribution is -2.37. The third-order valence-electron chi connectivity index (χ3n) is 4.20. The van der Waals surface area contributed by atoms with Gasteiger partial charge < -0.3 is 20.6 Å². The van der Waals surface area contributed by atoms with E-state index in [0.29, 0.717) is 13.0 Å². The smallest absolute Gasteiger partial charge is 0.319 e. The summed E-state index contributed by atoms with van der Waals surface area (Å²) in [6.07, 6.45) is 2.87. The van der Waals surface area contributed by atoms with Gasteiger partial charge in [-0.1, -0.05) is 13.8 Å². The van der Waals surface area contributed by atoms with Gasteiger partial charge in [0.05, 0.1) is 0 Å². The van der Waals surface area contributed by atoms with Crippen LogP contribution in [0, 0.1) is 5.41 Å². The summed E-state index contributed by atoms with van der Waals surface area (Å²) in [6.45, 7) is 5.80. The van der Waals surface area contributed by atoms with Gasteiger partial charge in [0.15, 0.2) is 0 Å². The average Bonchev–Trinajstić information content (AvgIpc) is 2.45. The molecule has 0 spiro atoms. The summed E-state index contributed by atoms with van der Waals surface area (Å²) in [5, 5.41) is 14.8. The zero-order valence-corrected chi connectivity index (χ0v) is 13.8. The van der Waals surface area contributed by atoms with Crippen LogP contribution in [0.5, 0.6) is 0 Å². The second kappa shape index (κ2) is 7.01. The maximum absolute atomic E-state index is 12.0. The quantitative estimate of drug-likeness (QED) is 0.783. The van der Waals surface area contributed by atoms with Crippen LogP contribution in [0.15, 0.2) is 18.2 Å². The Morgan fingerprint density at radius 2 is 2.18 bits per heavy atom. The summed E-state index contributed by atoms with van der Waals surface area (Å²) in [7, 11) is 2.10. The minimum Gasteiger partial charge on any atom is -0.396 e. The SMILES string of the molecule is CN1CCCc2cc(NC(=O)NCC(C)(C)CCO)ccc21. The normalized spacial score (nSPS) is 14.5. The van der Waals surface area contributed by atoms with Gasteiger partial charge in [-0.05, 0) is 48.4 Å². The molecule has 2 rings (SSSR count). The van der Waals surface area contributed by atoms with Crippen molar-refractivity contribution in [2.75, 3.05) is 37.0 Å². The number of carbonyl (C=O) groups excluding carboxylic acids is 1. The maximum atomic E-state index is 12.0. The molecule has 1 heterocycles. The molecule has 122 valence electrons. The Hall–Kier alpha value is -1.75. The summed E-state index contributed by atoms with van der Waals surface area (Å²) in [5.74, 6) is 0. The molecule has 1 aromatic carbocycles. The summed E-state index contributed by atoms with van der Waals surface area (Å²) < 4.78 is 0. The highest BCUT2D eigenvalue weighted by Gasteiger charge is 2.18. The first-order valence-electron chi connectivity index (χ1n) is 7.91. The molecule has 0 fully saturated rings. The number of aryl methyl sites for hydroxylation is 1. The molecule has 0 saturated heterocycles. The van der Waals surface area contributed by atoms with Crippen LogP contribution in [0.25, 0.3) is 0 Å². The number of anilines is 2. The summed E-state index contributed by atoms with van der Waals surface area (Å²) in [5.41, 5.74) is 3.25. The van der Waals surface area contributed by atoms with Crippen molar-refractivity contribution in [3.63, 3.8) is 0 Å². The number of amides is 2. The minimum absolute atomic E-state index is 0.106. The molecule has 1 aliphatic rings. The third kappa shape index (κ3) is 4.37. The van der Waals surface area contributed by atoms with Crippen LogP contribution in [0.2, 0.25) is 0 Å². The largest absolute Gasteiger partial charge is 0.396 e. The molecule has 22 heavy (non-hydrogen) atoms. The van der Waals surface area contributed by atoms with E-state index in [9.17, 15) is 4.79 Å².